The minimum Gasteiger partial charge on any atom is -0.340 e. The third kappa shape index (κ3) is 4.11. The van der Waals surface area contributed by atoms with Gasteiger partial charge in [0.15, 0.2) is 0 Å². The van der Waals surface area contributed by atoms with Gasteiger partial charge in [-0.3, -0.25) is 13.9 Å². The summed E-state index contributed by atoms with van der Waals surface area (Å²) in [6.45, 7) is 3.80. The maximum Gasteiger partial charge on any atom is 0.332 e. The fourth-order valence-electron chi connectivity index (χ4n) is 4.12. The summed E-state index contributed by atoms with van der Waals surface area (Å²) >= 11 is 2.32. The Morgan fingerprint density at radius 2 is 1.92 bits per heavy atom. The number of aryl methyl sites for hydroxylation is 1. The van der Waals surface area contributed by atoms with Gasteiger partial charge in [0.25, 0.3) is 15.6 Å². The van der Waals surface area contributed by atoms with Gasteiger partial charge in [0.2, 0.25) is 0 Å². The quantitative estimate of drug-likeness (QED) is 0.325. The van der Waals surface area contributed by atoms with Crippen molar-refractivity contribution >= 4 is 53.9 Å². The summed E-state index contributed by atoms with van der Waals surface area (Å²) in [4.78, 5) is 40.1. The van der Waals surface area contributed by atoms with Gasteiger partial charge in [0.1, 0.15) is 14.9 Å². The number of imidazole rings is 1. The number of hydrogen-bond acceptors (Lipinski definition) is 8. The van der Waals surface area contributed by atoms with E-state index < -0.39 is 26.8 Å². The first-order valence-electron chi connectivity index (χ1n) is 11.3. The SMILES string of the molecule is Cc1ncc(Cn2c(=O)c3cc(S(=O)(=O)NC4(C)CC4)sc3n(Cc3nc4ccccc4[nH]3)c2=O)s1. The highest BCUT2D eigenvalue weighted by Crippen LogP contribution is 2.37. The Hall–Kier alpha value is -3.13. The third-order valence-corrected chi connectivity index (χ3v) is 10.4. The molecule has 0 aliphatic heterocycles. The third-order valence-electron chi connectivity index (χ3n) is 6.25. The van der Waals surface area contributed by atoms with Crippen molar-refractivity contribution in [2.24, 2.45) is 0 Å². The molecule has 1 saturated carbocycles. The lowest BCUT2D eigenvalue weighted by atomic mass is 10.3. The standard InChI is InChI=1S/C23H22N6O4S3/c1-13-24-10-14(34-13)11-28-20(30)15-9-19(36(32,33)27-23(2)7-8-23)35-21(15)29(22(28)31)12-18-25-16-5-3-4-6-17(16)26-18/h3-6,9-10,27H,7-8,11-12H2,1-2H3,(H,25,26). The van der Waals surface area contributed by atoms with Crippen LogP contribution in [0.3, 0.4) is 0 Å². The van der Waals surface area contributed by atoms with E-state index in [2.05, 4.69) is 19.7 Å². The molecule has 0 spiro atoms. The number of benzene rings is 1. The molecule has 0 unspecified atom stereocenters. The number of nitrogens with one attached hydrogen (secondary N) is 2. The van der Waals surface area contributed by atoms with Crippen molar-refractivity contribution in [3.05, 3.63) is 73.1 Å². The average molecular weight is 543 g/mol. The Kier molecular flexibility index (Phi) is 5.30. The summed E-state index contributed by atoms with van der Waals surface area (Å²) in [6.07, 6.45) is 3.16. The van der Waals surface area contributed by atoms with E-state index in [-0.39, 0.29) is 22.7 Å². The van der Waals surface area contributed by atoms with Crippen molar-refractivity contribution < 1.29 is 8.42 Å². The summed E-state index contributed by atoms with van der Waals surface area (Å²) in [6, 6.07) is 8.88. The van der Waals surface area contributed by atoms with Crippen molar-refractivity contribution in [2.75, 3.05) is 0 Å². The molecule has 0 radical (unpaired) electrons. The van der Waals surface area contributed by atoms with Crippen LogP contribution in [0.2, 0.25) is 0 Å². The summed E-state index contributed by atoms with van der Waals surface area (Å²) in [7, 11) is -3.85. The molecule has 0 saturated heterocycles. The minimum atomic E-state index is -3.85. The van der Waals surface area contributed by atoms with Crippen LogP contribution in [-0.4, -0.2) is 38.0 Å². The lowest BCUT2D eigenvalue weighted by Crippen LogP contribution is -2.40. The van der Waals surface area contributed by atoms with Gasteiger partial charge >= 0.3 is 5.69 Å². The van der Waals surface area contributed by atoms with Crippen LogP contribution >= 0.6 is 22.7 Å². The van der Waals surface area contributed by atoms with E-state index in [1.54, 1.807) is 6.20 Å². The van der Waals surface area contributed by atoms with Crippen molar-refractivity contribution in [1.29, 1.82) is 0 Å². The summed E-state index contributed by atoms with van der Waals surface area (Å²) in [5.74, 6) is 0.528. The van der Waals surface area contributed by atoms with Gasteiger partial charge in [-0.25, -0.2) is 27.9 Å². The molecule has 10 nitrogen and oxygen atoms in total. The molecule has 0 amide bonds. The molecule has 1 aromatic carbocycles. The normalized spacial score (nSPS) is 15.2. The number of rotatable bonds is 7. The number of aromatic nitrogens is 5. The Bertz CT molecular complexity index is 1840. The van der Waals surface area contributed by atoms with Crippen molar-refractivity contribution in [3.63, 3.8) is 0 Å². The van der Waals surface area contributed by atoms with E-state index in [9.17, 15) is 18.0 Å². The lowest BCUT2D eigenvalue weighted by molar-refractivity contribution is 0.560. The smallest absolute Gasteiger partial charge is 0.332 e. The number of para-hydroxylation sites is 2. The number of thiazole rings is 1. The number of hydrogen-bond donors (Lipinski definition) is 2. The molecule has 0 atom stereocenters. The molecule has 2 N–H and O–H groups in total. The van der Waals surface area contributed by atoms with E-state index in [0.717, 1.165) is 49.7 Å². The van der Waals surface area contributed by atoms with Crippen LogP contribution in [0.25, 0.3) is 21.3 Å². The van der Waals surface area contributed by atoms with Crippen molar-refractivity contribution in [2.45, 2.75) is 49.5 Å². The average Bonchev–Trinajstić information content (AvgIpc) is 3.21. The van der Waals surface area contributed by atoms with Gasteiger partial charge in [0, 0.05) is 16.6 Å². The predicted molar refractivity (Wildman–Crippen MR) is 139 cm³/mol. The van der Waals surface area contributed by atoms with Crippen molar-refractivity contribution in [1.82, 2.24) is 28.8 Å². The number of fused-ring (bicyclic) bond motifs is 2. The molecule has 5 aromatic rings. The monoisotopic (exact) mass is 542 g/mol. The molecule has 13 heteroatoms. The molecular formula is C23H22N6O4S3. The second-order valence-electron chi connectivity index (χ2n) is 9.26. The van der Waals surface area contributed by atoms with Gasteiger partial charge in [-0.2, -0.15) is 0 Å². The number of thiophene rings is 1. The minimum absolute atomic E-state index is 0.00636. The van der Waals surface area contributed by atoms with E-state index in [1.807, 2.05) is 38.1 Å². The molecule has 186 valence electrons. The van der Waals surface area contributed by atoms with Gasteiger partial charge < -0.3 is 4.98 Å². The number of nitrogens with zero attached hydrogens (tertiary/aromatic N) is 4. The van der Waals surface area contributed by atoms with E-state index in [1.165, 1.54) is 22.0 Å². The molecule has 36 heavy (non-hydrogen) atoms. The summed E-state index contributed by atoms with van der Waals surface area (Å²) in [5.41, 5.74) is 0.0417. The fraction of sp³-hybridized carbons (Fsp3) is 0.304. The Labute approximate surface area is 213 Å². The van der Waals surface area contributed by atoms with Gasteiger partial charge in [-0.15, -0.1) is 22.7 Å². The van der Waals surface area contributed by atoms with Crippen LogP contribution in [-0.2, 0) is 23.1 Å². The summed E-state index contributed by atoms with van der Waals surface area (Å²) < 4.78 is 31.5. The second kappa shape index (κ2) is 8.20. The second-order valence-corrected chi connectivity index (χ2v) is 13.5. The number of aromatic amines is 1. The van der Waals surface area contributed by atoms with Crippen LogP contribution in [0, 0.1) is 6.92 Å². The largest absolute Gasteiger partial charge is 0.340 e. The summed E-state index contributed by atoms with van der Waals surface area (Å²) in [5, 5.41) is 1.00. The Morgan fingerprint density at radius 1 is 1.14 bits per heavy atom. The fourth-order valence-corrected chi connectivity index (χ4v) is 7.81. The zero-order valence-corrected chi connectivity index (χ0v) is 21.9. The van der Waals surface area contributed by atoms with E-state index >= 15 is 0 Å². The van der Waals surface area contributed by atoms with Crippen LogP contribution in [0.1, 0.15) is 35.5 Å². The molecule has 0 bridgehead atoms. The van der Waals surface area contributed by atoms with Crippen LogP contribution in [0.15, 0.2) is 50.3 Å². The zero-order valence-electron chi connectivity index (χ0n) is 19.4. The predicted octanol–water partition coefficient (Wildman–Crippen LogP) is 2.79. The highest BCUT2D eigenvalue weighted by Gasteiger charge is 2.41. The first kappa shape index (κ1) is 23.3. The van der Waals surface area contributed by atoms with Crippen LogP contribution < -0.4 is 16.0 Å². The van der Waals surface area contributed by atoms with Crippen LogP contribution in [0.4, 0.5) is 0 Å². The molecule has 1 aliphatic rings. The molecule has 1 fully saturated rings. The molecular weight excluding hydrogens is 520 g/mol. The van der Waals surface area contributed by atoms with Gasteiger partial charge in [-0.05, 0) is 44.9 Å². The van der Waals surface area contributed by atoms with E-state index in [4.69, 9.17) is 0 Å². The zero-order chi connectivity index (χ0) is 25.2. The highest BCUT2D eigenvalue weighted by molar-refractivity contribution is 7.91. The van der Waals surface area contributed by atoms with Crippen LogP contribution in [0.5, 0.6) is 0 Å². The molecule has 1 aliphatic carbocycles. The maximum atomic E-state index is 13.6. The van der Waals surface area contributed by atoms with Gasteiger partial charge in [-0.1, -0.05) is 12.1 Å². The topological polar surface area (TPSA) is 132 Å². The van der Waals surface area contributed by atoms with Gasteiger partial charge in [0.05, 0.1) is 34.5 Å². The Morgan fingerprint density at radius 3 is 2.61 bits per heavy atom. The molecule has 6 rings (SSSR count). The molecule has 4 aromatic heterocycles. The lowest BCUT2D eigenvalue weighted by Gasteiger charge is -2.10. The first-order valence-corrected chi connectivity index (χ1v) is 14.4. The maximum absolute atomic E-state index is 13.6. The Balaban J connectivity index is 1.53. The highest BCUT2D eigenvalue weighted by atomic mass is 32.2. The number of sulfonamides is 1. The molecule has 4 heterocycles. The van der Waals surface area contributed by atoms with E-state index in [0.29, 0.717) is 10.7 Å². The first-order chi connectivity index (χ1) is 17.1. The van der Waals surface area contributed by atoms with Crippen molar-refractivity contribution in [3.8, 4) is 0 Å². The number of H-pyrrole nitrogens is 1.